The predicted molar refractivity (Wildman–Crippen MR) is 66.0 cm³/mol. The Balaban J connectivity index is 1.84. The molecule has 3 nitrogen and oxygen atoms in total. The van der Waals surface area contributed by atoms with Crippen molar-refractivity contribution in [1.29, 1.82) is 0 Å². The smallest absolute Gasteiger partial charge is 0.141 e. The van der Waals surface area contributed by atoms with E-state index >= 15 is 0 Å². The van der Waals surface area contributed by atoms with Gasteiger partial charge in [0.15, 0.2) is 0 Å². The number of nitrogens with zero attached hydrogens (tertiary/aromatic N) is 2. The first-order valence-electron chi connectivity index (χ1n) is 6.28. The molecule has 94 valence electrons. The van der Waals surface area contributed by atoms with E-state index in [4.69, 9.17) is 5.73 Å². The van der Waals surface area contributed by atoms with E-state index in [-0.39, 0.29) is 11.9 Å². The Labute approximate surface area is 102 Å². The molecule has 1 aromatic heterocycles. The van der Waals surface area contributed by atoms with Crippen LogP contribution in [0.3, 0.4) is 0 Å². The lowest BCUT2D eigenvalue weighted by Crippen LogP contribution is -2.30. The largest absolute Gasteiger partial charge is 0.323 e. The summed E-state index contributed by atoms with van der Waals surface area (Å²) in [7, 11) is 0. The van der Waals surface area contributed by atoms with E-state index in [0.29, 0.717) is 6.04 Å². The van der Waals surface area contributed by atoms with Crippen LogP contribution in [0.4, 0.5) is 4.39 Å². The van der Waals surface area contributed by atoms with Crippen LogP contribution < -0.4 is 5.73 Å². The van der Waals surface area contributed by atoms with Gasteiger partial charge in [0.25, 0.3) is 0 Å². The van der Waals surface area contributed by atoms with Crippen LogP contribution in [0.15, 0.2) is 18.3 Å². The second-order valence-corrected chi connectivity index (χ2v) is 4.82. The van der Waals surface area contributed by atoms with E-state index < -0.39 is 0 Å². The number of likely N-dealkylation sites (tertiary alicyclic amines) is 1. The van der Waals surface area contributed by atoms with Gasteiger partial charge in [0.05, 0.1) is 11.9 Å². The van der Waals surface area contributed by atoms with Crippen LogP contribution in [0.2, 0.25) is 0 Å². The zero-order valence-corrected chi connectivity index (χ0v) is 10.3. The van der Waals surface area contributed by atoms with E-state index in [9.17, 15) is 4.39 Å². The first kappa shape index (κ1) is 12.5. The fourth-order valence-corrected chi connectivity index (χ4v) is 2.38. The molecular weight excluding hydrogens is 217 g/mol. The molecule has 0 bridgehead atoms. The average molecular weight is 237 g/mol. The van der Waals surface area contributed by atoms with Crippen LogP contribution in [0, 0.1) is 5.82 Å². The number of rotatable bonds is 4. The van der Waals surface area contributed by atoms with Crippen molar-refractivity contribution in [1.82, 2.24) is 9.88 Å². The molecule has 2 unspecified atom stereocenters. The maximum Gasteiger partial charge on any atom is 0.141 e. The fraction of sp³-hybridized carbons (Fsp3) is 0.615. The molecule has 1 aromatic rings. The van der Waals surface area contributed by atoms with Crippen LogP contribution in [-0.2, 0) is 0 Å². The predicted octanol–water partition coefficient (Wildman–Crippen LogP) is 2.09. The Kier molecular flexibility index (Phi) is 4.07. The number of pyridine rings is 1. The van der Waals surface area contributed by atoms with Gasteiger partial charge in [-0.2, -0.15) is 0 Å². The molecule has 0 spiro atoms. The van der Waals surface area contributed by atoms with Crippen LogP contribution in [-0.4, -0.2) is 29.0 Å². The van der Waals surface area contributed by atoms with E-state index in [2.05, 4.69) is 16.8 Å². The standard InChI is InChI=1S/C13H20FN3/c1-10-3-2-7-17(10)8-6-12(15)13-5-4-11(14)9-16-13/h4-5,9-10,12H,2-3,6-8,15H2,1H3. The molecule has 1 saturated heterocycles. The van der Waals surface area contributed by atoms with Gasteiger partial charge in [-0.3, -0.25) is 4.98 Å². The topological polar surface area (TPSA) is 42.1 Å². The lowest BCUT2D eigenvalue weighted by atomic mass is 10.1. The summed E-state index contributed by atoms with van der Waals surface area (Å²) in [5.41, 5.74) is 6.83. The van der Waals surface area contributed by atoms with Crippen LogP contribution in [0.5, 0.6) is 0 Å². The minimum Gasteiger partial charge on any atom is -0.323 e. The zero-order valence-electron chi connectivity index (χ0n) is 10.3. The maximum atomic E-state index is 12.7. The van der Waals surface area contributed by atoms with Crippen molar-refractivity contribution in [3.05, 3.63) is 29.8 Å². The highest BCUT2D eigenvalue weighted by Gasteiger charge is 2.20. The summed E-state index contributed by atoms with van der Waals surface area (Å²) in [6.45, 7) is 4.43. The number of aromatic nitrogens is 1. The summed E-state index contributed by atoms with van der Waals surface area (Å²) in [6, 6.07) is 3.67. The van der Waals surface area contributed by atoms with Gasteiger partial charge in [-0.05, 0) is 44.9 Å². The van der Waals surface area contributed by atoms with Crippen molar-refractivity contribution < 1.29 is 4.39 Å². The third kappa shape index (κ3) is 3.23. The third-order valence-corrected chi connectivity index (χ3v) is 3.55. The van der Waals surface area contributed by atoms with Gasteiger partial charge in [0.1, 0.15) is 5.82 Å². The monoisotopic (exact) mass is 237 g/mol. The maximum absolute atomic E-state index is 12.7. The quantitative estimate of drug-likeness (QED) is 0.872. The average Bonchev–Trinajstić information content (AvgIpc) is 2.73. The molecule has 2 N–H and O–H groups in total. The minimum absolute atomic E-state index is 0.0941. The Hall–Kier alpha value is -1.00. The minimum atomic E-state index is -0.311. The van der Waals surface area contributed by atoms with Gasteiger partial charge in [-0.1, -0.05) is 0 Å². The van der Waals surface area contributed by atoms with E-state index in [0.717, 1.165) is 18.7 Å². The summed E-state index contributed by atoms with van der Waals surface area (Å²) in [5.74, 6) is -0.311. The Morgan fingerprint density at radius 2 is 2.41 bits per heavy atom. The van der Waals surface area contributed by atoms with Crippen molar-refractivity contribution in [2.45, 2.75) is 38.3 Å². The van der Waals surface area contributed by atoms with Crippen molar-refractivity contribution in [3.63, 3.8) is 0 Å². The van der Waals surface area contributed by atoms with Crippen molar-refractivity contribution >= 4 is 0 Å². The molecule has 0 amide bonds. The molecule has 2 heterocycles. The summed E-state index contributed by atoms with van der Waals surface area (Å²) in [5, 5.41) is 0. The van der Waals surface area contributed by atoms with Gasteiger partial charge >= 0.3 is 0 Å². The van der Waals surface area contributed by atoms with Crippen molar-refractivity contribution in [2.24, 2.45) is 5.73 Å². The lowest BCUT2D eigenvalue weighted by Gasteiger charge is -2.22. The van der Waals surface area contributed by atoms with Crippen LogP contribution in [0.1, 0.15) is 37.9 Å². The SMILES string of the molecule is CC1CCCN1CCC(N)c1ccc(F)cn1. The molecule has 0 radical (unpaired) electrons. The molecule has 1 aliphatic heterocycles. The molecule has 1 fully saturated rings. The summed E-state index contributed by atoms with van der Waals surface area (Å²) < 4.78 is 12.7. The molecule has 2 atom stereocenters. The molecular formula is C13H20FN3. The molecule has 0 aliphatic carbocycles. The highest BCUT2D eigenvalue weighted by molar-refractivity contribution is 5.09. The summed E-state index contributed by atoms with van der Waals surface area (Å²) >= 11 is 0. The fourth-order valence-electron chi connectivity index (χ4n) is 2.38. The van der Waals surface area contributed by atoms with Crippen LogP contribution >= 0.6 is 0 Å². The molecule has 1 aliphatic rings. The zero-order chi connectivity index (χ0) is 12.3. The first-order valence-corrected chi connectivity index (χ1v) is 6.28. The van der Waals surface area contributed by atoms with Gasteiger partial charge in [-0.15, -0.1) is 0 Å². The van der Waals surface area contributed by atoms with Gasteiger partial charge in [0, 0.05) is 18.6 Å². The van der Waals surface area contributed by atoms with Crippen molar-refractivity contribution in [3.8, 4) is 0 Å². The molecule has 17 heavy (non-hydrogen) atoms. The third-order valence-electron chi connectivity index (χ3n) is 3.55. The van der Waals surface area contributed by atoms with E-state index in [1.165, 1.54) is 31.6 Å². The Bertz CT molecular complexity index is 352. The van der Waals surface area contributed by atoms with Crippen LogP contribution in [0.25, 0.3) is 0 Å². The van der Waals surface area contributed by atoms with Gasteiger partial charge in [-0.25, -0.2) is 4.39 Å². The Morgan fingerprint density at radius 1 is 1.59 bits per heavy atom. The number of nitrogens with two attached hydrogens (primary N) is 1. The number of hydrogen-bond acceptors (Lipinski definition) is 3. The second kappa shape index (κ2) is 5.56. The highest BCUT2D eigenvalue weighted by Crippen LogP contribution is 2.19. The van der Waals surface area contributed by atoms with E-state index in [1.807, 2.05) is 0 Å². The van der Waals surface area contributed by atoms with E-state index in [1.54, 1.807) is 6.07 Å². The highest BCUT2D eigenvalue weighted by atomic mass is 19.1. The lowest BCUT2D eigenvalue weighted by molar-refractivity contribution is 0.258. The normalized spacial score (nSPS) is 22.9. The molecule has 0 aromatic carbocycles. The first-order chi connectivity index (χ1) is 8.16. The van der Waals surface area contributed by atoms with Gasteiger partial charge in [0.2, 0.25) is 0 Å². The van der Waals surface area contributed by atoms with Gasteiger partial charge < -0.3 is 10.6 Å². The molecule has 2 rings (SSSR count). The van der Waals surface area contributed by atoms with Crippen molar-refractivity contribution in [2.75, 3.05) is 13.1 Å². The Morgan fingerprint density at radius 3 is 3.00 bits per heavy atom. The molecule has 4 heteroatoms. The molecule has 0 saturated carbocycles. The summed E-state index contributed by atoms with van der Waals surface area (Å²) in [6.07, 6.45) is 4.67. The summed E-state index contributed by atoms with van der Waals surface area (Å²) in [4.78, 5) is 6.49. The number of hydrogen-bond donors (Lipinski definition) is 1. The number of halogens is 1. The second-order valence-electron chi connectivity index (χ2n) is 4.82.